The average Bonchev–Trinajstić information content (AvgIpc) is 2.80. The van der Waals surface area contributed by atoms with Crippen molar-refractivity contribution in [2.45, 2.75) is 13.0 Å². The smallest absolute Gasteiger partial charge is 0.236 e. The molecule has 166 valence electrons. The lowest BCUT2D eigenvalue weighted by molar-refractivity contribution is -0.137. The lowest BCUT2D eigenvalue weighted by Crippen LogP contribution is -2.53. The second kappa shape index (κ2) is 10.2. The fourth-order valence-electron chi connectivity index (χ4n) is 4.26. The number of hydrogen-bond acceptors (Lipinski definition) is 5. The number of hydrogen-bond donors (Lipinski definition) is 1. The van der Waals surface area contributed by atoms with Crippen molar-refractivity contribution in [3.05, 3.63) is 48.0 Å². The van der Waals surface area contributed by atoms with E-state index in [0.717, 1.165) is 31.7 Å². The summed E-state index contributed by atoms with van der Waals surface area (Å²) < 4.78 is 5.31. The molecule has 0 saturated carbocycles. The molecular formula is C24H32N4O3. The van der Waals surface area contributed by atoms with E-state index in [-0.39, 0.29) is 17.9 Å². The van der Waals surface area contributed by atoms with Crippen molar-refractivity contribution in [3.63, 3.8) is 0 Å². The number of fused-ring (bicyclic) bond motifs is 1. The Morgan fingerprint density at radius 3 is 2.26 bits per heavy atom. The number of amides is 2. The highest BCUT2D eigenvalue weighted by Crippen LogP contribution is 2.20. The first-order valence-corrected chi connectivity index (χ1v) is 11.2. The molecule has 2 aliphatic rings. The average molecular weight is 425 g/mol. The number of ether oxygens (including phenoxy) is 1. The fourth-order valence-corrected chi connectivity index (χ4v) is 4.26. The van der Waals surface area contributed by atoms with Gasteiger partial charge in [-0.1, -0.05) is 36.4 Å². The van der Waals surface area contributed by atoms with Crippen LogP contribution in [-0.2, 0) is 14.3 Å². The number of piperazine rings is 1. The molecule has 0 radical (unpaired) electrons. The molecule has 2 fully saturated rings. The summed E-state index contributed by atoms with van der Waals surface area (Å²) in [4.78, 5) is 31.2. The Kier molecular flexibility index (Phi) is 7.17. The third-order valence-electron chi connectivity index (χ3n) is 6.21. The summed E-state index contributed by atoms with van der Waals surface area (Å²) in [5.74, 6) is 0.220. The van der Waals surface area contributed by atoms with E-state index in [1.54, 1.807) is 0 Å². The van der Waals surface area contributed by atoms with Gasteiger partial charge in [-0.25, -0.2) is 0 Å². The third kappa shape index (κ3) is 5.81. The molecule has 7 nitrogen and oxygen atoms in total. The van der Waals surface area contributed by atoms with Gasteiger partial charge in [-0.3, -0.25) is 19.4 Å². The number of rotatable bonds is 6. The molecule has 0 bridgehead atoms. The van der Waals surface area contributed by atoms with Crippen molar-refractivity contribution >= 4 is 22.6 Å². The molecule has 2 aliphatic heterocycles. The maximum atomic E-state index is 12.6. The van der Waals surface area contributed by atoms with E-state index < -0.39 is 0 Å². The van der Waals surface area contributed by atoms with Gasteiger partial charge in [-0.2, -0.15) is 0 Å². The first-order valence-electron chi connectivity index (χ1n) is 11.2. The Morgan fingerprint density at radius 2 is 1.55 bits per heavy atom. The minimum Gasteiger partial charge on any atom is -0.378 e. The molecule has 2 aromatic carbocycles. The number of morpholine rings is 1. The first-order chi connectivity index (χ1) is 15.1. The van der Waals surface area contributed by atoms with E-state index in [2.05, 4.69) is 45.4 Å². The zero-order valence-corrected chi connectivity index (χ0v) is 18.3. The molecule has 7 heteroatoms. The highest BCUT2D eigenvalue weighted by molar-refractivity contribution is 5.83. The number of carbonyl (C=O) groups is 2. The number of nitrogens with zero attached hydrogens (tertiary/aromatic N) is 3. The van der Waals surface area contributed by atoms with Crippen LogP contribution < -0.4 is 5.32 Å². The Bertz CT molecular complexity index is 905. The molecule has 2 heterocycles. The zero-order chi connectivity index (χ0) is 21.6. The molecule has 0 aliphatic carbocycles. The summed E-state index contributed by atoms with van der Waals surface area (Å²) in [7, 11) is 0. The summed E-state index contributed by atoms with van der Waals surface area (Å²) >= 11 is 0. The van der Waals surface area contributed by atoms with E-state index in [9.17, 15) is 9.59 Å². The van der Waals surface area contributed by atoms with Crippen LogP contribution in [-0.4, -0.2) is 92.1 Å². The highest BCUT2D eigenvalue weighted by Gasteiger charge is 2.24. The van der Waals surface area contributed by atoms with Gasteiger partial charge in [0.1, 0.15) is 0 Å². The first kappa shape index (κ1) is 21.7. The van der Waals surface area contributed by atoms with Crippen LogP contribution in [0.1, 0.15) is 18.5 Å². The van der Waals surface area contributed by atoms with E-state index >= 15 is 0 Å². The van der Waals surface area contributed by atoms with E-state index in [1.807, 2.05) is 24.0 Å². The Hall–Kier alpha value is -2.48. The fraction of sp³-hybridized carbons (Fsp3) is 0.500. The number of benzene rings is 2. The van der Waals surface area contributed by atoms with Crippen LogP contribution in [0.3, 0.4) is 0 Å². The van der Waals surface area contributed by atoms with Gasteiger partial charge in [0.2, 0.25) is 11.8 Å². The SMILES string of the molecule is CC(NC(=O)CN1CCN(CC(=O)N2CCOCC2)CC1)c1ccc2ccccc2c1. The second-order valence-electron chi connectivity index (χ2n) is 8.44. The largest absolute Gasteiger partial charge is 0.378 e. The molecule has 31 heavy (non-hydrogen) atoms. The van der Waals surface area contributed by atoms with Crippen molar-refractivity contribution in [1.82, 2.24) is 20.0 Å². The standard InChI is InChI=1S/C24H32N4O3/c1-19(21-7-6-20-4-2-3-5-22(20)16-21)25-23(29)17-26-8-10-27(11-9-26)18-24(30)28-12-14-31-15-13-28/h2-7,16,19H,8-15,17-18H2,1H3,(H,25,29). The van der Waals surface area contributed by atoms with Gasteiger partial charge in [-0.05, 0) is 29.3 Å². The van der Waals surface area contributed by atoms with Gasteiger partial charge in [-0.15, -0.1) is 0 Å². The summed E-state index contributed by atoms with van der Waals surface area (Å²) in [6.07, 6.45) is 0. The Balaban J connectivity index is 1.21. The van der Waals surface area contributed by atoms with Crippen molar-refractivity contribution in [2.24, 2.45) is 0 Å². The normalized spacial score (nSPS) is 19.3. The molecule has 1 atom stereocenters. The number of nitrogens with one attached hydrogen (secondary N) is 1. The van der Waals surface area contributed by atoms with Crippen LogP contribution in [0.15, 0.2) is 42.5 Å². The lowest BCUT2D eigenvalue weighted by Gasteiger charge is -2.35. The minimum atomic E-state index is -0.0375. The van der Waals surface area contributed by atoms with Crippen LogP contribution in [0.25, 0.3) is 10.8 Å². The maximum Gasteiger partial charge on any atom is 0.236 e. The Morgan fingerprint density at radius 1 is 0.903 bits per heavy atom. The van der Waals surface area contributed by atoms with Gasteiger partial charge in [0.15, 0.2) is 0 Å². The molecule has 1 N–H and O–H groups in total. The summed E-state index contributed by atoms with van der Waals surface area (Å²) in [5.41, 5.74) is 1.11. The van der Waals surface area contributed by atoms with Crippen molar-refractivity contribution in [2.75, 3.05) is 65.6 Å². The molecule has 2 amide bonds. The highest BCUT2D eigenvalue weighted by atomic mass is 16.5. The van der Waals surface area contributed by atoms with E-state index in [4.69, 9.17) is 4.74 Å². The van der Waals surface area contributed by atoms with Crippen molar-refractivity contribution < 1.29 is 14.3 Å². The van der Waals surface area contributed by atoms with Crippen LogP contribution in [0.4, 0.5) is 0 Å². The molecule has 0 aromatic heterocycles. The summed E-state index contributed by atoms with van der Waals surface area (Å²) in [6.45, 7) is 8.73. The van der Waals surface area contributed by atoms with Crippen LogP contribution in [0.2, 0.25) is 0 Å². The maximum absolute atomic E-state index is 12.6. The van der Waals surface area contributed by atoms with Gasteiger partial charge >= 0.3 is 0 Å². The molecule has 4 rings (SSSR count). The molecule has 1 unspecified atom stereocenters. The van der Waals surface area contributed by atoms with Gasteiger partial charge < -0.3 is 15.0 Å². The molecule has 2 aromatic rings. The summed E-state index contributed by atoms with van der Waals surface area (Å²) in [6, 6.07) is 14.5. The van der Waals surface area contributed by atoms with E-state index in [0.29, 0.717) is 39.4 Å². The van der Waals surface area contributed by atoms with Crippen molar-refractivity contribution in [1.29, 1.82) is 0 Å². The number of carbonyl (C=O) groups excluding carboxylic acids is 2. The quantitative estimate of drug-likeness (QED) is 0.761. The van der Waals surface area contributed by atoms with E-state index in [1.165, 1.54) is 10.8 Å². The Labute approximate surface area is 183 Å². The second-order valence-corrected chi connectivity index (χ2v) is 8.44. The van der Waals surface area contributed by atoms with Crippen LogP contribution >= 0.6 is 0 Å². The molecule has 0 spiro atoms. The molecular weight excluding hydrogens is 392 g/mol. The monoisotopic (exact) mass is 424 g/mol. The van der Waals surface area contributed by atoms with Crippen molar-refractivity contribution in [3.8, 4) is 0 Å². The van der Waals surface area contributed by atoms with Gasteiger partial charge in [0, 0.05) is 39.3 Å². The summed E-state index contributed by atoms with van der Waals surface area (Å²) in [5, 5.41) is 5.52. The third-order valence-corrected chi connectivity index (χ3v) is 6.21. The lowest BCUT2D eigenvalue weighted by atomic mass is 10.0. The minimum absolute atomic E-state index is 0.0375. The van der Waals surface area contributed by atoms with Crippen LogP contribution in [0.5, 0.6) is 0 Å². The van der Waals surface area contributed by atoms with Gasteiger partial charge in [0.25, 0.3) is 0 Å². The zero-order valence-electron chi connectivity index (χ0n) is 18.3. The molecule has 2 saturated heterocycles. The van der Waals surface area contributed by atoms with Gasteiger partial charge in [0.05, 0.1) is 32.3 Å². The topological polar surface area (TPSA) is 65.1 Å². The van der Waals surface area contributed by atoms with Crippen LogP contribution in [0, 0.1) is 0 Å². The predicted molar refractivity (Wildman–Crippen MR) is 121 cm³/mol. The predicted octanol–water partition coefficient (Wildman–Crippen LogP) is 1.49.